The van der Waals surface area contributed by atoms with Gasteiger partial charge in [-0.05, 0) is 80.9 Å². The Kier molecular flexibility index (Phi) is 6.43. The third-order valence-corrected chi connectivity index (χ3v) is 15.0. The van der Waals surface area contributed by atoms with Crippen molar-refractivity contribution in [3.8, 4) is 11.1 Å². The van der Waals surface area contributed by atoms with Crippen LogP contribution in [-0.2, 0) is 10.8 Å². The lowest BCUT2D eigenvalue weighted by molar-refractivity contribution is 0.563. The lowest BCUT2D eigenvalue weighted by atomic mass is 9.55. The van der Waals surface area contributed by atoms with E-state index in [2.05, 4.69) is 195 Å². The van der Waals surface area contributed by atoms with Crippen LogP contribution in [0.3, 0.4) is 0 Å². The standard InChI is InChI=1S/C52H35NS2/c1-51(2)40-21-7-9-23-42(40)52(43-24-10-8-22-41(43)51)39-20-6-3-15-33(39)34-30-29-32(31-44(34)52)53(45-25-13-18-37-35-16-4-11-27-47(35)54-49(37)45)46-26-14-19-38-36-17-5-12-28-48(36)55-50(38)46/h3-31H,1-2H3. The van der Waals surface area contributed by atoms with Crippen LogP contribution < -0.4 is 4.90 Å². The molecule has 8 aromatic carbocycles. The molecule has 0 N–H and O–H groups in total. The van der Waals surface area contributed by atoms with Crippen molar-refractivity contribution in [2.75, 3.05) is 4.90 Å². The van der Waals surface area contributed by atoms with Crippen molar-refractivity contribution in [1.82, 2.24) is 0 Å². The molecule has 0 fully saturated rings. The molecule has 0 saturated carbocycles. The highest BCUT2D eigenvalue weighted by atomic mass is 32.1. The molecule has 1 spiro atoms. The minimum atomic E-state index is -0.469. The van der Waals surface area contributed by atoms with Gasteiger partial charge < -0.3 is 4.90 Å². The maximum Gasteiger partial charge on any atom is 0.0720 e. The fraction of sp³-hybridized carbons (Fsp3) is 0.0769. The molecule has 0 radical (unpaired) electrons. The zero-order valence-electron chi connectivity index (χ0n) is 30.5. The zero-order valence-corrected chi connectivity index (χ0v) is 32.1. The summed E-state index contributed by atoms with van der Waals surface area (Å²) >= 11 is 3.79. The highest BCUT2D eigenvalue weighted by molar-refractivity contribution is 7.27. The van der Waals surface area contributed by atoms with Gasteiger partial charge in [0.05, 0.1) is 26.2 Å². The summed E-state index contributed by atoms with van der Waals surface area (Å²) in [6.07, 6.45) is 0. The van der Waals surface area contributed by atoms with Crippen LogP contribution in [0.2, 0.25) is 0 Å². The average Bonchev–Trinajstić information content (AvgIpc) is 3.90. The fourth-order valence-corrected chi connectivity index (χ4v) is 12.6. The zero-order chi connectivity index (χ0) is 36.5. The Morgan fingerprint density at radius 1 is 0.382 bits per heavy atom. The van der Waals surface area contributed by atoms with Crippen LogP contribution >= 0.6 is 22.7 Å². The first-order valence-electron chi connectivity index (χ1n) is 19.1. The predicted octanol–water partition coefficient (Wildman–Crippen LogP) is 14.9. The van der Waals surface area contributed by atoms with E-state index >= 15 is 0 Å². The summed E-state index contributed by atoms with van der Waals surface area (Å²) in [6.45, 7) is 4.80. The molecule has 10 aromatic rings. The molecule has 2 aromatic heterocycles. The number of nitrogens with zero attached hydrogens (tertiary/aromatic N) is 1. The van der Waals surface area contributed by atoms with Gasteiger partial charge in [0, 0.05) is 42.0 Å². The van der Waals surface area contributed by atoms with E-state index in [0.717, 1.165) is 0 Å². The Morgan fingerprint density at radius 3 is 1.42 bits per heavy atom. The molecule has 1 nitrogen and oxygen atoms in total. The Labute approximate surface area is 328 Å². The number of rotatable bonds is 3. The topological polar surface area (TPSA) is 3.24 Å². The van der Waals surface area contributed by atoms with Gasteiger partial charge in [0.2, 0.25) is 0 Å². The number of anilines is 3. The number of thiophene rings is 2. The molecular weight excluding hydrogens is 703 g/mol. The van der Waals surface area contributed by atoms with Gasteiger partial charge in [-0.15, -0.1) is 22.7 Å². The van der Waals surface area contributed by atoms with E-state index in [0.29, 0.717) is 0 Å². The van der Waals surface area contributed by atoms with E-state index in [1.807, 2.05) is 22.7 Å². The molecule has 0 unspecified atom stereocenters. The Morgan fingerprint density at radius 2 is 0.836 bits per heavy atom. The molecular formula is C52H35NS2. The largest absolute Gasteiger partial charge is 0.308 e. The first-order valence-corrected chi connectivity index (χ1v) is 20.7. The van der Waals surface area contributed by atoms with Crippen molar-refractivity contribution in [1.29, 1.82) is 0 Å². The summed E-state index contributed by atoms with van der Waals surface area (Å²) in [5.41, 5.74) is 13.9. The minimum absolute atomic E-state index is 0.145. The molecule has 0 aliphatic heterocycles. The first kappa shape index (κ1) is 31.4. The van der Waals surface area contributed by atoms with Crippen LogP contribution in [0.15, 0.2) is 176 Å². The molecule has 0 saturated heterocycles. The van der Waals surface area contributed by atoms with Gasteiger partial charge in [-0.2, -0.15) is 0 Å². The van der Waals surface area contributed by atoms with E-state index in [-0.39, 0.29) is 5.41 Å². The first-order chi connectivity index (χ1) is 27.0. The monoisotopic (exact) mass is 737 g/mol. The smallest absolute Gasteiger partial charge is 0.0720 e. The van der Waals surface area contributed by atoms with Crippen molar-refractivity contribution in [3.05, 3.63) is 209 Å². The van der Waals surface area contributed by atoms with E-state index in [4.69, 9.17) is 0 Å². The van der Waals surface area contributed by atoms with Gasteiger partial charge in [-0.25, -0.2) is 0 Å². The minimum Gasteiger partial charge on any atom is -0.308 e. The van der Waals surface area contributed by atoms with Crippen molar-refractivity contribution in [3.63, 3.8) is 0 Å². The van der Waals surface area contributed by atoms with Crippen LogP contribution in [0.25, 0.3) is 51.5 Å². The second-order valence-electron chi connectivity index (χ2n) is 15.6. The summed E-state index contributed by atoms with van der Waals surface area (Å²) in [5, 5.41) is 5.22. The van der Waals surface area contributed by atoms with Crippen LogP contribution in [0.5, 0.6) is 0 Å². The third kappa shape index (κ3) is 4.07. The number of hydrogen-bond acceptors (Lipinski definition) is 3. The molecule has 260 valence electrons. The second-order valence-corrected chi connectivity index (χ2v) is 17.7. The molecule has 12 rings (SSSR count). The fourth-order valence-electron chi connectivity index (χ4n) is 10.2. The van der Waals surface area contributed by atoms with Gasteiger partial charge in [-0.3, -0.25) is 0 Å². The summed E-state index contributed by atoms with van der Waals surface area (Å²) in [7, 11) is 0. The molecule has 3 heteroatoms. The van der Waals surface area contributed by atoms with Crippen LogP contribution in [-0.4, -0.2) is 0 Å². The van der Waals surface area contributed by atoms with Crippen molar-refractivity contribution >= 4 is 80.1 Å². The highest BCUT2D eigenvalue weighted by Gasteiger charge is 2.53. The van der Waals surface area contributed by atoms with Gasteiger partial charge in [0.1, 0.15) is 0 Å². The Bertz CT molecular complexity index is 3050. The van der Waals surface area contributed by atoms with Crippen molar-refractivity contribution in [2.24, 2.45) is 0 Å². The summed E-state index contributed by atoms with van der Waals surface area (Å²) in [6, 6.07) is 66.4. The van der Waals surface area contributed by atoms with Gasteiger partial charge in [0.15, 0.2) is 0 Å². The van der Waals surface area contributed by atoms with Crippen LogP contribution in [0, 0.1) is 0 Å². The van der Waals surface area contributed by atoms with E-state index in [9.17, 15) is 0 Å². The lowest BCUT2D eigenvalue weighted by Gasteiger charge is -2.46. The molecule has 2 heterocycles. The second kappa shape index (κ2) is 11.3. The van der Waals surface area contributed by atoms with E-state index in [1.54, 1.807) is 0 Å². The lowest BCUT2D eigenvalue weighted by Crippen LogP contribution is -2.40. The number of hydrogen-bond donors (Lipinski definition) is 0. The summed E-state index contributed by atoms with van der Waals surface area (Å²) in [4.78, 5) is 2.57. The molecule has 0 amide bonds. The Balaban J connectivity index is 1.21. The maximum absolute atomic E-state index is 2.57. The van der Waals surface area contributed by atoms with Gasteiger partial charge in [-0.1, -0.05) is 153 Å². The predicted molar refractivity (Wildman–Crippen MR) is 236 cm³/mol. The average molecular weight is 738 g/mol. The Hall–Kier alpha value is -6.00. The molecule has 0 atom stereocenters. The molecule has 2 aliphatic rings. The highest BCUT2D eigenvalue weighted by Crippen LogP contribution is 2.63. The normalized spacial score (nSPS) is 14.7. The quantitative estimate of drug-likeness (QED) is 0.175. The summed E-state index contributed by atoms with van der Waals surface area (Å²) < 4.78 is 5.23. The van der Waals surface area contributed by atoms with Crippen LogP contribution in [0.4, 0.5) is 17.1 Å². The molecule has 0 bridgehead atoms. The number of fused-ring (bicyclic) bond motifs is 15. The van der Waals surface area contributed by atoms with Gasteiger partial charge in [0.25, 0.3) is 0 Å². The molecule has 2 aliphatic carbocycles. The van der Waals surface area contributed by atoms with E-state index in [1.165, 1.54) is 102 Å². The van der Waals surface area contributed by atoms with Crippen LogP contribution in [0.1, 0.15) is 47.2 Å². The molecule has 55 heavy (non-hydrogen) atoms. The van der Waals surface area contributed by atoms with Crippen molar-refractivity contribution in [2.45, 2.75) is 24.7 Å². The summed E-state index contributed by atoms with van der Waals surface area (Å²) in [5.74, 6) is 0. The third-order valence-electron chi connectivity index (χ3n) is 12.5. The van der Waals surface area contributed by atoms with Gasteiger partial charge >= 0.3 is 0 Å². The van der Waals surface area contributed by atoms with E-state index < -0.39 is 5.41 Å². The maximum atomic E-state index is 2.57. The van der Waals surface area contributed by atoms with Crippen molar-refractivity contribution < 1.29 is 0 Å². The number of benzene rings is 8. The SMILES string of the molecule is CC1(C)c2ccccc2C2(c3ccccc3-c3ccc(N(c4cccc5c4sc4ccccc45)c4cccc5c4sc4ccccc45)cc32)c2ccccc21.